The van der Waals surface area contributed by atoms with E-state index in [-0.39, 0.29) is 12.5 Å². The van der Waals surface area contributed by atoms with Crippen LogP contribution in [-0.4, -0.2) is 44.5 Å². The zero-order chi connectivity index (χ0) is 18.4. The molecule has 2 amide bonds. The molecule has 0 heterocycles. The lowest BCUT2D eigenvalue weighted by atomic mass is 10.1. The van der Waals surface area contributed by atoms with Gasteiger partial charge in [-0.05, 0) is 30.3 Å². The van der Waals surface area contributed by atoms with Gasteiger partial charge in [0, 0.05) is 18.8 Å². The molecule has 0 radical (unpaired) electrons. The summed E-state index contributed by atoms with van der Waals surface area (Å²) in [4.78, 5) is 25.8. The van der Waals surface area contributed by atoms with E-state index in [0.29, 0.717) is 22.7 Å². The van der Waals surface area contributed by atoms with E-state index in [9.17, 15) is 14.0 Å². The molecule has 0 unspecified atom stereocenters. The molecule has 0 bridgehead atoms. The molecule has 0 spiro atoms. The number of likely N-dealkylation sites (N-methyl/N-ethyl adjacent to an activating group) is 1. The number of amides is 2. The van der Waals surface area contributed by atoms with Crippen molar-refractivity contribution in [2.24, 2.45) is 0 Å². The molecule has 132 valence electrons. The van der Waals surface area contributed by atoms with Crippen molar-refractivity contribution < 1.29 is 23.5 Å². The number of benzene rings is 2. The summed E-state index contributed by atoms with van der Waals surface area (Å²) in [5.41, 5.74) is 0.636. The van der Waals surface area contributed by atoms with Gasteiger partial charge in [-0.1, -0.05) is 6.07 Å². The van der Waals surface area contributed by atoms with Crippen LogP contribution >= 0.6 is 0 Å². The van der Waals surface area contributed by atoms with Gasteiger partial charge in [0.05, 0.1) is 26.3 Å². The highest BCUT2D eigenvalue weighted by atomic mass is 19.1. The van der Waals surface area contributed by atoms with E-state index >= 15 is 0 Å². The molecule has 6 nitrogen and oxygen atoms in total. The van der Waals surface area contributed by atoms with E-state index < -0.39 is 11.7 Å². The fourth-order valence-electron chi connectivity index (χ4n) is 2.23. The smallest absolute Gasteiger partial charge is 0.257 e. The highest BCUT2D eigenvalue weighted by Crippen LogP contribution is 2.25. The van der Waals surface area contributed by atoms with Crippen molar-refractivity contribution in [3.05, 3.63) is 53.8 Å². The summed E-state index contributed by atoms with van der Waals surface area (Å²) in [5.74, 6) is -0.366. The summed E-state index contributed by atoms with van der Waals surface area (Å²) in [6.07, 6.45) is 0. The van der Waals surface area contributed by atoms with Gasteiger partial charge in [-0.2, -0.15) is 0 Å². The Kier molecular flexibility index (Phi) is 5.94. The molecule has 0 atom stereocenters. The van der Waals surface area contributed by atoms with Gasteiger partial charge < -0.3 is 19.7 Å². The normalized spacial score (nSPS) is 10.1. The van der Waals surface area contributed by atoms with Crippen LogP contribution in [0, 0.1) is 5.82 Å². The van der Waals surface area contributed by atoms with Crippen LogP contribution in [0.5, 0.6) is 11.5 Å². The van der Waals surface area contributed by atoms with Crippen molar-refractivity contribution in [3.63, 3.8) is 0 Å². The number of rotatable bonds is 6. The van der Waals surface area contributed by atoms with Gasteiger partial charge >= 0.3 is 0 Å². The fraction of sp³-hybridized carbons (Fsp3) is 0.222. The summed E-state index contributed by atoms with van der Waals surface area (Å²) >= 11 is 0. The van der Waals surface area contributed by atoms with E-state index in [4.69, 9.17) is 9.47 Å². The molecule has 0 aromatic heterocycles. The van der Waals surface area contributed by atoms with Crippen molar-refractivity contribution in [2.75, 3.05) is 33.1 Å². The Bertz CT molecular complexity index is 779. The molecule has 7 heteroatoms. The molecule has 1 N–H and O–H groups in total. The number of nitrogens with one attached hydrogen (secondary N) is 1. The molecule has 0 saturated carbocycles. The Balaban J connectivity index is 2.06. The fourth-order valence-corrected chi connectivity index (χ4v) is 2.23. The van der Waals surface area contributed by atoms with Gasteiger partial charge in [0.15, 0.2) is 0 Å². The van der Waals surface area contributed by atoms with Crippen molar-refractivity contribution in [2.45, 2.75) is 0 Å². The molecule has 0 aliphatic heterocycles. The standard InChI is InChI=1S/C18H19FN2O4/c1-21(11-17(22)20-13-6-4-5-12(19)9-13)18(23)15-8-7-14(24-2)10-16(15)25-3/h4-10H,11H2,1-3H3,(H,20,22). The molecule has 0 fully saturated rings. The molecule has 2 aromatic carbocycles. The van der Waals surface area contributed by atoms with Gasteiger partial charge in [-0.3, -0.25) is 9.59 Å². The lowest BCUT2D eigenvalue weighted by molar-refractivity contribution is -0.116. The first-order valence-corrected chi connectivity index (χ1v) is 7.47. The largest absolute Gasteiger partial charge is 0.497 e. The third-order valence-electron chi connectivity index (χ3n) is 3.47. The number of carbonyl (C=O) groups is 2. The zero-order valence-electron chi connectivity index (χ0n) is 14.2. The Hall–Kier alpha value is -3.09. The number of ether oxygens (including phenoxy) is 2. The first kappa shape index (κ1) is 18.3. The van der Waals surface area contributed by atoms with Crippen LogP contribution in [-0.2, 0) is 4.79 Å². The first-order chi connectivity index (χ1) is 11.9. The van der Waals surface area contributed by atoms with Gasteiger partial charge in [0.1, 0.15) is 17.3 Å². The monoisotopic (exact) mass is 346 g/mol. The number of hydrogen-bond donors (Lipinski definition) is 1. The predicted molar refractivity (Wildman–Crippen MR) is 91.5 cm³/mol. The Morgan fingerprint density at radius 1 is 1.12 bits per heavy atom. The van der Waals surface area contributed by atoms with Gasteiger partial charge in [-0.25, -0.2) is 4.39 Å². The average molecular weight is 346 g/mol. The third kappa shape index (κ3) is 4.69. The molecule has 0 aliphatic rings. The number of nitrogens with zero attached hydrogens (tertiary/aromatic N) is 1. The van der Waals surface area contributed by atoms with Crippen LogP contribution in [0.2, 0.25) is 0 Å². The van der Waals surface area contributed by atoms with Gasteiger partial charge in [0.2, 0.25) is 5.91 Å². The van der Waals surface area contributed by atoms with Crippen LogP contribution in [0.4, 0.5) is 10.1 Å². The van der Waals surface area contributed by atoms with Crippen LogP contribution in [0.25, 0.3) is 0 Å². The second kappa shape index (κ2) is 8.14. The Labute approximate surface area is 145 Å². The van der Waals surface area contributed by atoms with Crippen LogP contribution in [0.1, 0.15) is 10.4 Å². The maximum Gasteiger partial charge on any atom is 0.257 e. The first-order valence-electron chi connectivity index (χ1n) is 7.47. The predicted octanol–water partition coefficient (Wildman–Crippen LogP) is 2.55. The minimum Gasteiger partial charge on any atom is -0.497 e. The summed E-state index contributed by atoms with van der Waals surface area (Å²) in [7, 11) is 4.46. The number of hydrogen-bond acceptors (Lipinski definition) is 4. The van der Waals surface area contributed by atoms with Crippen molar-refractivity contribution in [1.82, 2.24) is 4.90 Å². The molecular formula is C18H19FN2O4. The number of carbonyl (C=O) groups excluding carboxylic acids is 2. The second-order valence-corrected chi connectivity index (χ2v) is 5.29. The van der Waals surface area contributed by atoms with Gasteiger partial charge in [0.25, 0.3) is 5.91 Å². The third-order valence-corrected chi connectivity index (χ3v) is 3.47. The maximum absolute atomic E-state index is 13.1. The molecule has 2 aromatic rings. The topological polar surface area (TPSA) is 67.9 Å². The molecule has 2 rings (SSSR count). The minimum atomic E-state index is -0.454. The van der Waals surface area contributed by atoms with Crippen molar-refractivity contribution in [3.8, 4) is 11.5 Å². The number of methoxy groups -OCH3 is 2. The molecule has 0 aliphatic carbocycles. The van der Waals surface area contributed by atoms with Gasteiger partial charge in [-0.15, -0.1) is 0 Å². The minimum absolute atomic E-state index is 0.190. The Morgan fingerprint density at radius 2 is 1.88 bits per heavy atom. The summed E-state index contributed by atoms with van der Waals surface area (Å²) in [6, 6.07) is 10.3. The highest BCUT2D eigenvalue weighted by Gasteiger charge is 2.19. The van der Waals surface area contributed by atoms with Crippen LogP contribution in [0.3, 0.4) is 0 Å². The van der Waals surface area contributed by atoms with Crippen LogP contribution < -0.4 is 14.8 Å². The zero-order valence-corrected chi connectivity index (χ0v) is 14.2. The lowest BCUT2D eigenvalue weighted by Crippen LogP contribution is -2.35. The highest BCUT2D eigenvalue weighted by molar-refractivity contribution is 6.00. The van der Waals surface area contributed by atoms with Crippen molar-refractivity contribution >= 4 is 17.5 Å². The summed E-state index contributed by atoms with van der Waals surface area (Å²) in [6.45, 7) is -0.190. The second-order valence-electron chi connectivity index (χ2n) is 5.29. The van der Waals surface area contributed by atoms with E-state index in [1.807, 2.05) is 0 Å². The summed E-state index contributed by atoms with van der Waals surface area (Å²) < 4.78 is 23.4. The average Bonchev–Trinajstić information content (AvgIpc) is 2.60. The van der Waals surface area contributed by atoms with Crippen molar-refractivity contribution in [1.29, 1.82) is 0 Å². The van der Waals surface area contributed by atoms with Crippen LogP contribution in [0.15, 0.2) is 42.5 Å². The molecular weight excluding hydrogens is 327 g/mol. The van der Waals surface area contributed by atoms with E-state index in [2.05, 4.69) is 5.32 Å². The quantitative estimate of drug-likeness (QED) is 0.873. The number of anilines is 1. The maximum atomic E-state index is 13.1. The summed E-state index contributed by atoms with van der Waals surface area (Å²) in [5, 5.41) is 2.54. The molecule has 25 heavy (non-hydrogen) atoms. The SMILES string of the molecule is COc1ccc(C(=O)N(C)CC(=O)Nc2cccc(F)c2)c(OC)c1. The van der Waals surface area contributed by atoms with E-state index in [1.165, 1.54) is 44.4 Å². The molecule has 0 saturated heterocycles. The lowest BCUT2D eigenvalue weighted by Gasteiger charge is -2.18. The number of halogens is 1. The van der Waals surface area contributed by atoms with E-state index in [1.54, 1.807) is 24.3 Å². The van der Waals surface area contributed by atoms with E-state index in [0.717, 1.165) is 0 Å². The Morgan fingerprint density at radius 3 is 2.52 bits per heavy atom.